The van der Waals surface area contributed by atoms with Crippen molar-refractivity contribution in [2.45, 2.75) is 19.8 Å². The van der Waals surface area contributed by atoms with E-state index in [0.29, 0.717) is 29.8 Å². The van der Waals surface area contributed by atoms with Gasteiger partial charge >= 0.3 is 6.03 Å². The van der Waals surface area contributed by atoms with Crippen molar-refractivity contribution in [1.82, 2.24) is 5.32 Å². The highest BCUT2D eigenvalue weighted by atomic mass is 35.5. The van der Waals surface area contributed by atoms with Gasteiger partial charge in [-0.15, -0.1) is 0 Å². The number of urea groups is 1. The molecule has 2 rings (SSSR count). The number of rotatable bonds is 6. The maximum absolute atomic E-state index is 11.7. The van der Waals surface area contributed by atoms with Crippen molar-refractivity contribution in [3.63, 3.8) is 0 Å². The molecule has 2 amide bonds. The molecular weight excluding hydrogens is 312 g/mol. The highest BCUT2D eigenvalue weighted by Gasteiger charge is 2.02. The van der Waals surface area contributed by atoms with Crippen molar-refractivity contribution in [2.75, 3.05) is 18.5 Å². The molecule has 0 fully saturated rings. The van der Waals surface area contributed by atoms with Crippen LogP contribution in [0.5, 0.6) is 5.75 Å². The van der Waals surface area contributed by atoms with Gasteiger partial charge in [0.05, 0.1) is 6.54 Å². The summed E-state index contributed by atoms with van der Waals surface area (Å²) < 4.78 is 5.60. The molecular formula is C18H21ClN2O2. The summed E-state index contributed by atoms with van der Waals surface area (Å²) in [4.78, 5) is 11.7. The van der Waals surface area contributed by atoms with E-state index >= 15 is 0 Å². The van der Waals surface area contributed by atoms with E-state index in [9.17, 15) is 4.79 Å². The summed E-state index contributed by atoms with van der Waals surface area (Å²) in [6.45, 7) is 5.12. The van der Waals surface area contributed by atoms with Crippen molar-refractivity contribution in [3.05, 3.63) is 59.1 Å². The number of ether oxygens (including phenoxy) is 1. The van der Waals surface area contributed by atoms with Crippen LogP contribution >= 0.6 is 11.6 Å². The molecule has 0 radical (unpaired) electrons. The largest absolute Gasteiger partial charge is 0.492 e. The van der Waals surface area contributed by atoms with Gasteiger partial charge in [0.15, 0.2) is 0 Å². The molecule has 0 atom stereocenters. The molecule has 0 bridgehead atoms. The van der Waals surface area contributed by atoms with E-state index in [1.165, 1.54) is 5.56 Å². The summed E-state index contributed by atoms with van der Waals surface area (Å²) in [5, 5.41) is 6.02. The van der Waals surface area contributed by atoms with Crippen LogP contribution in [0.15, 0.2) is 48.5 Å². The van der Waals surface area contributed by atoms with E-state index < -0.39 is 0 Å². The smallest absolute Gasteiger partial charge is 0.319 e. The quantitative estimate of drug-likeness (QED) is 0.755. The Morgan fingerprint density at radius 2 is 1.91 bits per heavy atom. The van der Waals surface area contributed by atoms with Crippen LogP contribution in [0, 0.1) is 0 Å². The maximum atomic E-state index is 11.7. The Morgan fingerprint density at radius 1 is 1.17 bits per heavy atom. The number of hydrogen-bond donors (Lipinski definition) is 2. The zero-order valence-electron chi connectivity index (χ0n) is 13.3. The van der Waals surface area contributed by atoms with Crippen LogP contribution in [0.25, 0.3) is 0 Å². The minimum Gasteiger partial charge on any atom is -0.492 e. The molecule has 0 heterocycles. The second-order valence-electron chi connectivity index (χ2n) is 5.46. The molecule has 0 spiro atoms. The maximum Gasteiger partial charge on any atom is 0.319 e. The van der Waals surface area contributed by atoms with E-state index in [2.05, 4.69) is 36.6 Å². The van der Waals surface area contributed by atoms with Gasteiger partial charge in [-0.3, -0.25) is 0 Å². The van der Waals surface area contributed by atoms with Crippen LogP contribution < -0.4 is 15.4 Å². The van der Waals surface area contributed by atoms with Crippen molar-refractivity contribution in [1.29, 1.82) is 0 Å². The van der Waals surface area contributed by atoms with Gasteiger partial charge in [0.1, 0.15) is 12.4 Å². The highest BCUT2D eigenvalue weighted by molar-refractivity contribution is 6.30. The monoisotopic (exact) mass is 332 g/mol. The summed E-state index contributed by atoms with van der Waals surface area (Å²) in [6, 6.07) is 14.7. The first-order valence-corrected chi connectivity index (χ1v) is 7.95. The number of benzene rings is 2. The molecule has 0 aliphatic carbocycles. The molecule has 4 nitrogen and oxygen atoms in total. The molecule has 2 N–H and O–H groups in total. The normalized spacial score (nSPS) is 10.4. The fraction of sp³-hybridized carbons (Fsp3) is 0.278. The van der Waals surface area contributed by atoms with E-state index in [1.807, 2.05) is 12.1 Å². The standard InChI is InChI=1S/C18H21ClN2O2/c1-13(2)14-6-8-17(9-7-14)23-11-10-20-18(22)21-16-5-3-4-15(19)12-16/h3-9,12-13H,10-11H2,1-2H3,(H2,20,21,22). The summed E-state index contributed by atoms with van der Waals surface area (Å²) in [7, 11) is 0. The van der Waals surface area contributed by atoms with Crippen molar-refractivity contribution < 1.29 is 9.53 Å². The lowest BCUT2D eigenvalue weighted by molar-refractivity contribution is 0.247. The molecule has 23 heavy (non-hydrogen) atoms. The SMILES string of the molecule is CC(C)c1ccc(OCCNC(=O)Nc2cccc(Cl)c2)cc1. The predicted molar refractivity (Wildman–Crippen MR) is 94.5 cm³/mol. The zero-order valence-corrected chi connectivity index (χ0v) is 14.1. The first-order valence-electron chi connectivity index (χ1n) is 7.58. The lowest BCUT2D eigenvalue weighted by Crippen LogP contribution is -2.32. The first-order chi connectivity index (χ1) is 11.0. The van der Waals surface area contributed by atoms with Gasteiger partial charge < -0.3 is 15.4 Å². The highest BCUT2D eigenvalue weighted by Crippen LogP contribution is 2.18. The van der Waals surface area contributed by atoms with Crippen LogP contribution in [0.3, 0.4) is 0 Å². The van der Waals surface area contributed by atoms with Crippen molar-refractivity contribution >= 4 is 23.3 Å². The molecule has 0 aromatic heterocycles. The summed E-state index contributed by atoms with van der Waals surface area (Å²) in [5.74, 6) is 1.30. The van der Waals surface area contributed by atoms with Gasteiger partial charge in [0.2, 0.25) is 0 Å². The lowest BCUT2D eigenvalue weighted by Gasteiger charge is -2.10. The van der Waals surface area contributed by atoms with E-state index in [1.54, 1.807) is 24.3 Å². The number of halogens is 1. The number of hydrogen-bond acceptors (Lipinski definition) is 2. The molecule has 0 aliphatic rings. The molecule has 0 saturated heterocycles. The van der Waals surface area contributed by atoms with Crippen LogP contribution in [0.1, 0.15) is 25.3 Å². The third-order valence-electron chi connectivity index (χ3n) is 3.29. The third-order valence-corrected chi connectivity index (χ3v) is 3.52. The van der Waals surface area contributed by atoms with Crippen molar-refractivity contribution in [2.24, 2.45) is 0 Å². The van der Waals surface area contributed by atoms with Gasteiger partial charge in [0, 0.05) is 10.7 Å². The predicted octanol–water partition coefficient (Wildman–Crippen LogP) is 4.66. The fourth-order valence-electron chi connectivity index (χ4n) is 2.02. The summed E-state index contributed by atoms with van der Waals surface area (Å²) >= 11 is 5.86. The molecule has 0 aliphatic heterocycles. The van der Waals surface area contributed by atoms with Gasteiger partial charge in [-0.2, -0.15) is 0 Å². The third kappa shape index (κ3) is 5.83. The fourth-order valence-corrected chi connectivity index (χ4v) is 2.21. The Bertz CT molecular complexity index is 642. The van der Waals surface area contributed by atoms with E-state index in [0.717, 1.165) is 5.75 Å². The van der Waals surface area contributed by atoms with Gasteiger partial charge in [-0.05, 0) is 41.8 Å². The molecule has 0 saturated carbocycles. The number of carbonyl (C=O) groups excluding carboxylic acids is 1. The number of nitrogens with one attached hydrogen (secondary N) is 2. The molecule has 0 unspecified atom stereocenters. The number of amides is 2. The topological polar surface area (TPSA) is 50.4 Å². The van der Waals surface area contributed by atoms with Crippen LogP contribution in [-0.4, -0.2) is 19.2 Å². The Morgan fingerprint density at radius 3 is 2.57 bits per heavy atom. The average molecular weight is 333 g/mol. The molecule has 2 aromatic rings. The van der Waals surface area contributed by atoms with E-state index in [4.69, 9.17) is 16.3 Å². The lowest BCUT2D eigenvalue weighted by atomic mass is 10.0. The van der Waals surface area contributed by atoms with Crippen molar-refractivity contribution in [3.8, 4) is 5.75 Å². The summed E-state index contributed by atoms with van der Waals surface area (Å²) in [5.41, 5.74) is 1.93. The minimum atomic E-state index is -0.286. The molecule has 2 aromatic carbocycles. The second kappa shape index (κ2) is 8.44. The Balaban J connectivity index is 1.69. The van der Waals surface area contributed by atoms with Gasteiger partial charge in [-0.1, -0.05) is 43.6 Å². The minimum absolute atomic E-state index is 0.286. The first kappa shape index (κ1) is 17.2. The van der Waals surface area contributed by atoms with Crippen LogP contribution in [0.4, 0.5) is 10.5 Å². The second-order valence-corrected chi connectivity index (χ2v) is 5.90. The van der Waals surface area contributed by atoms with Crippen LogP contribution in [0.2, 0.25) is 5.02 Å². The Kier molecular flexibility index (Phi) is 6.29. The summed E-state index contributed by atoms with van der Waals surface area (Å²) in [6.07, 6.45) is 0. The Labute approximate surface area is 141 Å². The van der Waals surface area contributed by atoms with Crippen LogP contribution in [-0.2, 0) is 0 Å². The van der Waals surface area contributed by atoms with E-state index in [-0.39, 0.29) is 6.03 Å². The van der Waals surface area contributed by atoms with Gasteiger partial charge in [0.25, 0.3) is 0 Å². The zero-order chi connectivity index (χ0) is 16.7. The number of anilines is 1. The number of carbonyl (C=O) groups is 1. The average Bonchev–Trinajstić information content (AvgIpc) is 2.52. The Hall–Kier alpha value is -2.20. The molecule has 5 heteroatoms. The molecule has 122 valence electrons. The van der Waals surface area contributed by atoms with Gasteiger partial charge in [-0.25, -0.2) is 4.79 Å².